The molecular weight excluding hydrogens is 289 g/mol. The molecule has 2 heterocycles. The zero-order valence-corrected chi connectivity index (χ0v) is 12.4. The van der Waals surface area contributed by atoms with E-state index in [1.54, 1.807) is 19.2 Å². The van der Waals surface area contributed by atoms with Gasteiger partial charge in [-0.25, -0.2) is 4.39 Å². The van der Waals surface area contributed by atoms with Crippen LogP contribution in [0.25, 0.3) is 0 Å². The molecule has 1 aliphatic heterocycles. The van der Waals surface area contributed by atoms with E-state index >= 15 is 0 Å². The van der Waals surface area contributed by atoms with Crippen LogP contribution < -0.4 is 4.74 Å². The average Bonchev–Trinajstić information content (AvgIpc) is 2.96. The smallest absolute Gasteiger partial charge is 0.204 e. The van der Waals surface area contributed by atoms with E-state index < -0.39 is 0 Å². The standard InChI is InChI=1S/C14H18FN5O2/c1-19-17-14(16-18-19)13-10-20(7-9-22-13)6-8-21-12-4-2-11(15)3-5-12/h2-5,13H,6-10H2,1H3. The summed E-state index contributed by atoms with van der Waals surface area (Å²) in [7, 11) is 1.73. The Kier molecular flexibility index (Phi) is 4.59. The summed E-state index contributed by atoms with van der Waals surface area (Å²) in [5, 5.41) is 12.0. The molecule has 1 aromatic carbocycles. The number of hydrogen-bond donors (Lipinski definition) is 0. The largest absolute Gasteiger partial charge is 0.492 e. The van der Waals surface area contributed by atoms with Crippen LogP contribution in [0.1, 0.15) is 11.9 Å². The topological polar surface area (TPSA) is 65.3 Å². The first-order chi connectivity index (χ1) is 10.7. The van der Waals surface area contributed by atoms with Crippen molar-refractivity contribution in [1.29, 1.82) is 0 Å². The lowest BCUT2D eigenvalue weighted by molar-refractivity contribution is -0.0372. The SMILES string of the molecule is Cn1nnc(C2CN(CCOc3ccc(F)cc3)CCO2)n1. The van der Waals surface area contributed by atoms with Crippen molar-refractivity contribution in [3.8, 4) is 5.75 Å². The van der Waals surface area contributed by atoms with Gasteiger partial charge in [-0.3, -0.25) is 4.90 Å². The fourth-order valence-electron chi connectivity index (χ4n) is 2.31. The lowest BCUT2D eigenvalue weighted by atomic mass is 10.2. The normalized spacial score (nSPS) is 19.3. The van der Waals surface area contributed by atoms with Crippen molar-refractivity contribution in [2.45, 2.75) is 6.10 Å². The highest BCUT2D eigenvalue weighted by atomic mass is 19.1. The number of aryl methyl sites for hydroxylation is 1. The van der Waals surface area contributed by atoms with E-state index in [1.165, 1.54) is 16.9 Å². The Bertz CT molecular complexity index is 604. The van der Waals surface area contributed by atoms with Crippen molar-refractivity contribution in [1.82, 2.24) is 25.1 Å². The highest BCUT2D eigenvalue weighted by Crippen LogP contribution is 2.18. The number of aromatic nitrogens is 4. The molecule has 3 rings (SSSR count). The van der Waals surface area contributed by atoms with Gasteiger partial charge < -0.3 is 9.47 Å². The first-order valence-corrected chi connectivity index (χ1v) is 7.17. The molecule has 1 saturated heterocycles. The van der Waals surface area contributed by atoms with E-state index in [0.29, 0.717) is 31.3 Å². The number of rotatable bonds is 5. The van der Waals surface area contributed by atoms with Crippen LogP contribution >= 0.6 is 0 Å². The Morgan fingerprint density at radius 2 is 2.18 bits per heavy atom. The number of tetrazole rings is 1. The minimum absolute atomic E-state index is 0.159. The van der Waals surface area contributed by atoms with Crippen molar-refractivity contribution in [2.75, 3.05) is 32.8 Å². The average molecular weight is 307 g/mol. The van der Waals surface area contributed by atoms with Crippen molar-refractivity contribution in [3.63, 3.8) is 0 Å². The Labute approximate surface area is 127 Å². The summed E-state index contributed by atoms with van der Waals surface area (Å²) in [6.07, 6.45) is -0.159. The summed E-state index contributed by atoms with van der Waals surface area (Å²) < 4.78 is 24.1. The first-order valence-electron chi connectivity index (χ1n) is 7.17. The van der Waals surface area contributed by atoms with Crippen LogP contribution in [-0.2, 0) is 11.8 Å². The zero-order chi connectivity index (χ0) is 15.4. The molecule has 1 unspecified atom stereocenters. The van der Waals surface area contributed by atoms with Crippen molar-refractivity contribution >= 4 is 0 Å². The van der Waals surface area contributed by atoms with Gasteiger partial charge in [0.2, 0.25) is 5.82 Å². The van der Waals surface area contributed by atoms with E-state index in [0.717, 1.165) is 13.1 Å². The van der Waals surface area contributed by atoms with Gasteiger partial charge in [-0.05, 0) is 29.5 Å². The summed E-state index contributed by atoms with van der Waals surface area (Å²) in [6.45, 7) is 3.46. The van der Waals surface area contributed by atoms with Crippen LogP contribution in [-0.4, -0.2) is 58.0 Å². The molecule has 0 radical (unpaired) electrons. The van der Waals surface area contributed by atoms with E-state index in [4.69, 9.17) is 9.47 Å². The van der Waals surface area contributed by atoms with Gasteiger partial charge in [-0.1, -0.05) is 0 Å². The number of morpholine rings is 1. The molecule has 0 aliphatic carbocycles. The summed E-state index contributed by atoms with van der Waals surface area (Å²) in [6, 6.07) is 6.03. The molecule has 2 aromatic rings. The quantitative estimate of drug-likeness (QED) is 0.814. The number of hydrogen-bond acceptors (Lipinski definition) is 6. The first kappa shape index (κ1) is 14.9. The van der Waals surface area contributed by atoms with Crippen LogP contribution in [0.2, 0.25) is 0 Å². The van der Waals surface area contributed by atoms with Gasteiger partial charge in [0.25, 0.3) is 0 Å². The van der Waals surface area contributed by atoms with Crippen molar-refractivity contribution in [3.05, 3.63) is 35.9 Å². The van der Waals surface area contributed by atoms with Gasteiger partial charge >= 0.3 is 0 Å². The molecule has 0 spiro atoms. The summed E-state index contributed by atoms with van der Waals surface area (Å²) in [5.74, 6) is 1.01. The number of nitrogens with zero attached hydrogens (tertiary/aromatic N) is 5. The second-order valence-electron chi connectivity index (χ2n) is 5.10. The molecule has 0 amide bonds. The highest BCUT2D eigenvalue weighted by molar-refractivity contribution is 5.21. The van der Waals surface area contributed by atoms with E-state index in [-0.39, 0.29) is 11.9 Å². The summed E-state index contributed by atoms with van der Waals surface area (Å²) in [5.41, 5.74) is 0. The maximum Gasteiger partial charge on any atom is 0.204 e. The van der Waals surface area contributed by atoms with Crippen LogP contribution in [0.5, 0.6) is 5.75 Å². The Morgan fingerprint density at radius 1 is 1.36 bits per heavy atom. The van der Waals surface area contributed by atoms with Crippen molar-refractivity contribution in [2.24, 2.45) is 7.05 Å². The van der Waals surface area contributed by atoms with Crippen LogP contribution in [0.15, 0.2) is 24.3 Å². The Balaban J connectivity index is 1.47. The zero-order valence-electron chi connectivity index (χ0n) is 12.4. The number of ether oxygens (including phenoxy) is 2. The second kappa shape index (κ2) is 6.80. The van der Waals surface area contributed by atoms with Gasteiger partial charge in [0, 0.05) is 19.6 Å². The minimum Gasteiger partial charge on any atom is -0.492 e. The third kappa shape index (κ3) is 3.77. The fraction of sp³-hybridized carbons (Fsp3) is 0.500. The maximum absolute atomic E-state index is 12.8. The Hall–Kier alpha value is -2.06. The van der Waals surface area contributed by atoms with Gasteiger partial charge in [-0.15, -0.1) is 10.2 Å². The fourth-order valence-corrected chi connectivity index (χ4v) is 2.31. The molecule has 1 aromatic heterocycles. The number of halogens is 1. The van der Waals surface area contributed by atoms with Gasteiger partial charge in [0.15, 0.2) is 0 Å². The Morgan fingerprint density at radius 3 is 2.91 bits per heavy atom. The van der Waals surface area contributed by atoms with Crippen LogP contribution in [0, 0.1) is 5.82 Å². The molecular formula is C14H18FN5O2. The van der Waals surface area contributed by atoms with Gasteiger partial charge in [0.1, 0.15) is 24.3 Å². The molecule has 1 atom stereocenters. The van der Waals surface area contributed by atoms with Crippen LogP contribution in [0.4, 0.5) is 4.39 Å². The predicted molar refractivity (Wildman–Crippen MR) is 75.8 cm³/mol. The van der Waals surface area contributed by atoms with E-state index in [1.807, 2.05) is 0 Å². The monoisotopic (exact) mass is 307 g/mol. The minimum atomic E-state index is -0.264. The number of benzene rings is 1. The molecule has 8 heteroatoms. The highest BCUT2D eigenvalue weighted by Gasteiger charge is 2.25. The summed E-state index contributed by atoms with van der Waals surface area (Å²) >= 11 is 0. The van der Waals surface area contributed by atoms with Crippen LogP contribution in [0.3, 0.4) is 0 Å². The molecule has 0 bridgehead atoms. The molecule has 0 saturated carbocycles. The molecule has 118 valence electrons. The maximum atomic E-state index is 12.8. The van der Waals surface area contributed by atoms with E-state index in [2.05, 4.69) is 20.3 Å². The third-order valence-electron chi connectivity index (χ3n) is 3.45. The lowest BCUT2D eigenvalue weighted by Gasteiger charge is -2.31. The predicted octanol–water partition coefficient (Wildman–Crippen LogP) is 0.801. The van der Waals surface area contributed by atoms with E-state index in [9.17, 15) is 4.39 Å². The molecule has 0 N–H and O–H groups in total. The summed E-state index contributed by atoms with van der Waals surface area (Å²) in [4.78, 5) is 3.66. The molecule has 1 aliphatic rings. The molecule has 7 nitrogen and oxygen atoms in total. The van der Waals surface area contributed by atoms with Gasteiger partial charge in [0.05, 0.1) is 13.7 Å². The van der Waals surface area contributed by atoms with Crippen molar-refractivity contribution < 1.29 is 13.9 Å². The van der Waals surface area contributed by atoms with Gasteiger partial charge in [-0.2, -0.15) is 4.80 Å². The second-order valence-corrected chi connectivity index (χ2v) is 5.10. The third-order valence-corrected chi connectivity index (χ3v) is 3.45. The molecule has 1 fully saturated rings. The molecule has 22 heavy (non-hydrogen) atoms. The lowest BCUT2D eigenvalue weighted by Crippen LogP contribution is -2.40.